The van der Waals surface area contributed by atoms with Gasteiger partial charge in [-0.15, -0.1) is 0 Å². The van der Waals surface area contributed by atoms with Gasteiger partial charge in [0.1, 0.15) is 0 Å². The quantitative estimate of drug-likeness (QED) is 0.567. The van der Waals surface area contributed by atoms with Crippen molar-refractivity contribution in [3.8, 4) is 0 Å². The second-order valence-corrected chi connectivity index (χ2v) is 5.83. The Kier molecular flexibility index (Phi) is 8.78. The molecule has 4 heteroatoms. The molecule has 110 valence electrons. The largest absolute Gasteiger partial charge is 0.382 e. The summed E-state index contributed by atoms with van der Waals surface area (Å²) < 4.78 is 21.4. The van der Waals surface area contributed by atoms with Crippen LogP contribution in [-0.4, -0.2) is 52.4 Å². The van der Waals surface area contributed by atoms with Gasteiger partial charge in [-0.1, -0.05) is 20.8 Å². The maximum Gasteiger partial charge on any atom is 0.0708 e. The van der Waals surface area contributed by atoms with Crippen LogP contribution in [0.5, 0.6) is 0 Å². The van der Waals surface area contributed by atoms with E-state index in [0.717, 1.165) is 0 Å². The summed E-state index contributed by atoms with van der Waals surface area (Å²) >= 11 is 0. The minimum atomic E-state index is -0.147. The van der Waals surface area contributed by atoms with E-state index in [9.17, 15) is 0 Å². The van der Waals surface area contributed by atoms with Gasteiger partial charge in [-0.05, 0) is 19.3 Å². The van der Waals surface area contributed by atoms with Crippen molar-refractivity contribution in [2.75, 3.05) is 46.8 Å². The van der Waals surface area contributed by atoms with Gasteiger partial charge in [0.2, 0.25) is 0 Å². The lowest BCUT2D eigenvalue weighted by Gasteiger charge is -2.38. The van der Waals surface area contributed by atoms with E-state index >= 15 is 0 Å². The van der Waals surface area contributed by atoms with Crippen molar-refractivity contribution in [3.63, 3.8) is 0 Å². The van der Waals surface area contributed by atoms with Crippen molar-refractivity contribution in [1.29, 1.82) is 0 Å². The zero-order valence-electron chi connectivity index (χ0n) is 12.9. The van der Waals surface area contributed by atoms with Crippen LogP contribution in [0, 0.1) is 5.41 Å². The molecule has 0 unspecified atom stereocenters. The molecule has 0 atom stereocenters. The summed E-state index contributed by atoms with van der Waals surface area (Å²) in [4.78, 5) is 0. The van der Waals surface area contributed by atoms with E-state index in [1.807, 2.05) is 0 Å². The Morgan fingerprint density at radius 2 is 1.11 bits per heavy atom. The SMILES string of the molecule is COCCOCCOCCOC(C)(C)C(C)(C)C. The average Bonchev–Trinajstić information content (AvgIpc) is 2.25. The zero-order chi connectivity index (χ0) is 14.1. The van der Waals surface area contributed by atoms with E-state index in [0.29, 0.717) is 39.6 Å². The monoisotopic (exact) mass is 262 g/mol. The van der Waals surface area contributed by atoms with Crippen LogP contribution in [0.2, 0.25) is 0 Å². The number of ether oxygens (including phenoxy) is 4. The maximum absolute atomic E-state index is 5.85. The molecule has 0 fully saturated rings. The molecular weight excluding hydrogens is 232 g/mol. The molecule has 0 radical (unpaired) electrons. The summed E-state index contributed by atoms with van der Waals surface area (Å²) in [5.41, 5.74) is -0.0262. The molecule has 0 aromatic rings. The molecule has 0 N–H and O–H groups in total. The van der Waals surface area contributed by atoms with Crippen LogP contribution in [0.25, 0.3) is 0 Å². The Morgan fingerprint density at radius 3 is 1.56 bits per heavy atom. The fourth-order valence-electron chi connectivity index (χ4n) is 1.04. The van der Waals surface area contributed by atoms with E-state index in [2.05, 4.69) is 34.6 Å². The van der Waals surface area contributed by atoms with E-state index in [-0.39, 0.29) is 11.0 Å². The van der Waals surface area contributed by atoms with Crippen LogP contribution in [0.1, 0.15) is 34.6 Å². The van der Waals surface area contributed by atoms with Gasteiger partial charge in [0, 0.05) is 7.11 Å². The van der Waals surface area contributed by atoms with Gasteiger partial charge in [0.25, 0.3) is 0 Å². The van der Waals surface area contributed by atoms with Crippen molar-refractivity contribution in [2.45, 2.75) is 40.2 Å². The first-order chi connectivity index (χ1) is 8.31. The zero-order valence-corrected chi connectivity index (χ0v) is 12.9. The molecule has 0 saturated carbocycles. The summed E-state index contributed by atoms with van der Waals surface area (Å²) in [6.07, 6.45) is 0. The smallest absolute Gasteiger partial charge is 0.0708 e. The Labute approximate surface area is 112 Å². The summed E-state index contributed by atoms with van der Waals surface area (Å²) in [6.45, 7) is 14.4. The molecule has 0 aliphatic rings. The molecule has 0 aromatic heterocycles. The third-order valence-corrected chi connectivity index (χ3v) is 3.30. The normalized spacial score (nSPS) is 13.0. The maximum atomic E-state index is 5.85. The second-order valence-electron chi connectivity index (χ2n) is 5.83. The topological polar surface area (TPSA) is 36.9 Å². The van der Waals surface area contributed by atoms with Crippen molar-refractivity contribution in [2.24, 2.45) is 5.41 Å². The summed E-state index contributed by atoms with van der Waals surface area (Å²) in [5, 5.41) is 0. The molecule has 4 nitrogen and oxygen atoms in total. The fourth-order valence-corrected chi connectivity index (χ4v) is 1.04. The molecule has 0 aliphatic heterocycles. The third-order valence-electron chi connectivity index (χ3n) is 3.30. The van der Waals surface area contributed by atoms with Crippen molar-refractivity contribution in [3.05, 3.63) is 0 Å². The molecule has 0 bridgehead atoms. The van der Waals surface area contributed by atoms with E-state index < -0.39 is 0 Å². The van der Waals surface area contributed by atoms with Gasteiger partial charge in [-0.2, -0.15) is 0 Å². The highest BCUT2D eigenvalue weighted by Gasteiger charge is 2.33. The van der Waals surface area contributed by atoms with Crippen LogP contribution < -0.4 is 0 Å². The van der Waals surface area contributed by atoms with Gasteiger partial charge in [0.15, 0.2) is 0 Å². The Bertz CT molecular complexity index is 196. The first-order valence-corrected chi connectivity index (χ1v) is 6.59. The summed E-state index contributed by atoms with van der Waals surface area (Å²) in [6, 6.07) is 0. The molecule has 0 spiro atoms. The van der Waals surface area contributed by atoms with E-state index in [1.54, 1.807) is 7.11 Å². The lowest BCUT2D eigenvalue weighted by molar-refractivity contribution is -0.107. The second kappa shape index (κ2) is 8.86. The molecule has 0 rings (SSSR count). The molecule has 0 aromatic carbocycles. The van der Waals surface area contributed by atoms with Gasteiger partial charge in [-0.3, -0.25) is 0 Å². The predicted molar refractivity (Wildman–Crippen MR) is 73.0 cm³/mol. The Hall–Kier alpha value is -0.160. The van der Waals surface area contributed by atoms with Crippen LogP contribution in [0.4, 0.5) is 0 Å². The van der Waals surface area contributed by atoms with Gasteiger partial charge >= 0.3 is 0 Å². The molecule has 0 amide bonds. The van der Waals surface area contributed by atoms with E-state index in [4.69, 9.17) is 18.9 Å². The van der Waals surface area contributed by atoms with Crippen LogP contribution in [-0.2, 0) is 18.9 Å². The fraction of sp³-hybridized carbons (Fsp3) is 1.00. The first kappa shape index (κ1) is 17.8. The highest BCUT2D eigenvalue weighted by Crippen LogP contribution is 2.32. The first-order valence-electron chi connectivity index (χ1n) is 6.59. The highest BCUT2D eigenvalue weighted by atomic mass is 16.6. The number of rotatable bonds is 10. The van der Waals surface area contributed by atoms with Crippen LogP contribution in [0.3, 0.4) is 0 Å². The summed E-state index contributed by atoms with van der Waals surface area (Å²) in [7, 11) is 1.66. The predicted octanol–water partition coefficient (Wildman–Crippen LogP) is 2.51. The summed E-state index contributed by atoms with van der Waals surface area (Å²) in [5.74, 6) is 0. The van der Waals surface area contributed by atoms with Crippen molar-refractivity contribution < 1.29 is 18.9 Å². The van der Waals surface area contributed by atoms with Crippen LogP contribution >= 0.6 is 0 Å². The lowest BCUT2D eigenvalue weighted by Crippen LogP contribution is -2.40. The van der Waals surface area contributed by atoms with E-state index in [1.165, 1.54) is 0 Å². The third kappa shape index (κ3) is 8.03. The van der Waals surface area contributed by atoms with Gasteiger partial charge in [-0.25, -0.2) is 0 Å². The minimum absolute atomic E-state index is 0.121. The average molecular weight is 262 g/mol. The molecular formula is C14H30O4. The number of methoxy groups -OCH3 is 1. The number of hydrogen-bond donors (Lipinski definition) is 0. The van der Waals surface area contributed by atoms with Gasteiger partial charge in [0.05, 0.1) is 45.2 Å². The van der Waals surface area contributed by atoms with Crippen molar-refractivity contribution in [1.82, 2.24) is 0 Å². The Balaban J connectivity index is 3.41. The molecule has 0 saturated heterocycles. The van der Waals surface area contributed by atoms with Crippen molar-refractivity contribution >= 4 is 0 Å². The molecule has 0 aliphatic carbocycles. The van der Waals surface area contributed by atoms with Gasteiger partial charge < -0.3 is 18.9 Å². The standard InChI is InChI=1S/C14H30O4/c1-13(2,3)14(4,5)18-12-11-17-10-9-16-8-7-15-6/h7-12H2,1-6H3. The lowest BCUT2D eigenvalue weighted by atomic mass is 9.79. The molecule has 0 heterocycles. The minimum Gasteiger partial charge on any atom is -0.382 e. The highest BCUT2D eigenvalue weighted by molar-refractivity contribution is 4.83. The number of hydrogen-bond acceptors (Lipinski definition) is 4. The Morgan fingerprint density at radius 1 is 0.667 bits per heavy atom. The molecule has 18 heavy (non-hydrogen) atoms. The van der Waals surface area contributed by atoms with Crippen LogP contribution in [0.15, 0.2) is 0 Å².